The van der Waals surface area contributed by atoms with Crippen molar-refractivity contribution in [1.29, 1.82) is 0 Å². The van der Waals surface area contributed by atoms with E-state index in [0.29, 0.717) is 38.3 Å². The second-order valence-corrected chi connectivity index (χ2v) is 7.80. The van der Waals surface area contributed by atoms with Crippen molar-refractivity contribution in [2.24, 2.45) is 13.0 Å². The molecule has 0 aliphatic carbocycles. The Hall–Kier alpha value is -2.38. The zero-order chi connectivity index (χ0) is 19.7. The van der Waals surface area contributed by atoms with E-state index in [1.54, 1.807) is 4.68 Å². The number of carbonyl (C=O) groups excluding carboxylic acids is 2. The van der Waals surface area contributed by atoms with Gasteiger partial charge in [0.15, 0.2) is 0 Å². The van der Waals surface area contributed by atoms with Crippen LogP contribution in [0.5, 0.6) is 0 Å². The molecule has 2 aromatic rings. The average Bonchev–Trinajstić information content (AvgIpc) is 3.36. The molecule has 29 heavy (non-hydrogen) atoms. The van der Waals surface area contributed by atoms with Crippen molar-refractivity contribution < 1.29 is 9.59 Å². The van der Waals surface area contributed by atoms with E-state index in [1.165, 1.54) is 0 Å². The molecule has 7 nitrogen and oxygen atoms in total. The third-order valence-electron chi connectivity index (χ3n) is 5.86. The van der Waals surface area contributed by atoms with E-state index in [1.807, 2.05) is 60.4 Å². The summed E-state index contributed by atoms with van der Waals surface area (Å²) in [4.78, 5) is 29.6. The lowest BCUT2D eigenvalue weighted by Crippen LogP contribution is -2.52. The molecule has 1 N–H and O–H groups in total. The predicted octanol–water partition coefficient (Wildman–Crippen LogP) is 1.44. The van der Waals surface area contributed by atoms with Gasteiger partial charge in [-0.25, -0.2) is 0 Å². The number of rotatable bonds is 3. The number of carbonyl (C=O) groups is 2. The SMILES string of the molecule is Cc1ccc(C(=O)N2CCN(C(=O)[C@H]3CNC[C@@H]3c3cnn(C)c3)CC2)cc1.Cl. The molecule has 2 aliphatic heterocycles. The maximum Gasteiger partial charge on any atom is 0.253 e. The number of nitrogens with zero attached hydrogens (tertiary/aromatic N) is 4. The van der Waals surface area contributed by atoms with Crippen molar-refractivity contribution in [3.63, 3.8) is 0 Å². The summed E-state index contributed by atoms with van der Waals surface area (Å²) < 4.78 is 1.78. The fraction of sp³-hybridized carbons (Fsp3) is 0.476. The van der Waals surface area contributed by atoms with Gasteiger partial charge in [-0.3, -0.25) is 14.3 Å². The molecule has 0 bridgehead atoms. The van der Waals surface area contributed by atoms with Crippen molar-refractivity contribution in [2.45, 2.75) is 12.8 Å². The van der Waals surface area contributed by atoms with Gasteiger partial charge in [0.25, 0.3) is 5.91 Å². The first-order valence-corrected chi connectivity index (χ1v) is 9.87. The molecule has 2 aliphatic rings. The van der Waals surface area contributed by atoms with Crippen LogP contribution in [0, 0.1) is 12.8 Å². The highest BCUT2D eigenvalue weighted by Gasteiger charge is 2.38. The van der Waals surface area contributed by atoms with Gasteiger partial charge in [0, 0.05) is 64.0 Å². The Balaban J connectivity index is 0.00000240. The quantitative estimate of drug-likeness (QED) is 0.820. The summed E-state index contributed by atoms with van der Waals surface area (Å²) in [5.74, 6) is 0.320. The third kappa shape index (κ3) is 4.46. The Labute approximate surface area is 177 Å². The zero-order valence-electron chi connectivity index (χ0n) is 16.9. The number of aryl methyl sites for hydroxylation is 2. The maximum atomic E-state index is 13.1. The number of halogens is 1. The minimum absolute atomic E-state index is 0. The Morgan fingerprint density at radius 2 is 1.69 bits per heavy atom. The number of hydrogen-bond acceptors (Lipinski definition) is 4. The van der Waals surface area contributed by atoms with Crippen LogP contribution in [0.1, 0.15) is 27.4 Å². The lowest BCUT2D eigenvalue weighted by Gasteiger charge is -2.36. The molecule has 0 unspecified atom stereocenters. The first kappa shape index (κ1) is 21.3. The Bertz CT molecular complexity index is 858. The Morgan fingerprint density at radius 1 is 1.03 bits per heavy atom. The topological polar surface area (TPSA) is 70.5 Å². The van der Waals surface area contributed by atoms with E-state index in [0.717, 1.165) is 17.7 Å². The van der Waals surface area contributed by atoms with Gasteiger partial charge < -0.3 is 15.1 Å². The van der Waals surface area contributed by atoms with Crippen molar-refractivity contribution in [3.8, 4) is 0 Å². The van der Waals surface area contributed by atoms with Gasteiger partial charge in [0.2, 0.25) is 5.91 Å². The van der Waals surface area contributed by atoms with E-state index in [4.69, 9.17) is 0 Å². The predicted molar refractivity (Wildman–Crippen MR) is 113 cm³/mol. The minimum atomic E-state index is -0.0662. The molecule has 8 heteroatoms. The molecule has 156 valence electrons. The summed E-state index contributed by atoms with van der Waals surface area (Å²) in [6.07, 6.45) is 3.85. The van der Waals surface area contributed by atoms with Crippen LogP contribution in [0.3, 0.4) is 0 Å². The molecule has 2 atom stereocenters. The van der Waals surface area contributed by atoms with Gasteiger partial charge in [0.05, 0.1) is 12.1 Å². The highest BCUT2D eigenvalue weighted by atomic mass is 35.5. The molecule has 1 aromatic heterocycles. The van der Waals surface area contributed by atoms with Gasteiger partial charge in [-0.15, -0.1) is 12.4 Å². The summed E-state index contributed by atoms with van der Waals surface area (Å²) in [5.41, 5.74) is 2.96. The molecular formula is C21H28ClN5O2. The first-order chi connectivity index (χ1) is 13.5. The molecule has 2 amide bonds. The number of hydrogen-bond donors (Lipinski definition) is 1. The second kappa shape index (κ2) is 8.97. The minimum Gasteiger partial charge on any atom is -0.339 e. The van der Waals surface area contributed by atoms with E-state index in [-0.39, 0.29) is 36.1 Å². The number of amides is 2. The average molecular weight is 418 g/mol. The van der Waals surface area contributed by atoms with Crippen molar-refractivity contribution in [3.05, 3.63) is 53.3 Å². The maximum absolute atomic E-state index is 13.1. The molecular weight excluding hydrogens is 390 g/mol. The number of nitrogens with one attached hydrogen (secondary N) is 1. The molecule has 4 rings (SSSR count). The number of piperazine rings is 1. The summed E-state index contributed by atoms with van der Waals surface area (Å²) in [6, 6.07) is 7.66. The number of benzene rings is 1. The summed E-state index contributed by atoms with van der Waals surface area (Å²) >= 11 is 0. The van der Waals surface area contributed by atoms with E-state index < -0.39 is 0 Å². The van der Waals surface area contributed by atoms with Crippen LogP contribution in [0.15, 0.2) is 36.7 Å². The molecule has 0 saturated carbocycles. The summed E-state index contributed by atoms with van der Waals surface area (Å²) in [7, 11) is 1.90. The van der Waals surface area contributed by atoms with Crippen molar-refractivity contribution in [1.82, 2.24) is 24.9 Å². The first-order valence-electron chi connectivity index (χ1n) is 9.87. The molecule has 0 spiro atoms. The normalized spacial score (nSPS) is 21.7. The van der Waals surface area contributed by atoms with Crippen LogP contribution in [-0.2, 0) is 11.8 Å². The van der Waals surface area contributed by atoms with Gasteiger partial charge in [-0.1, -0.05) is 17.7 Å². The fourth-order valence-corrected chi connectivity index (χ4v) is 4.16. The van der Waals surface area contributed by atoms with Crippen molar-refractivity contribution >= 4 is 24.2 Å². The number of aromatic nitrogens is 2. The van der Waals surface area contributed by atoms with E-state index >= 15 is 0 Å². The van der Waals surface area contributed by atoms with Gasteiger partial charge in [0.1, 0.15) is 0 Å². The third-order valence-corrected chi connectivity index (χ3v) is 5.86. The smallest absolute Gasteiger partial charge is 0.253 e. The Morgan fingerprint density at radius 3 is 2.31 bits per heavy atom. The van der Waals surface area contributed by atoms with Crippen LogP contribution in [-0.4, -0.2) is 70.7 Å². The molecule has 0 radical (unpaired) electrons. The van der Waals surface area contributed by atoms with Crippen LogP contribution in [0.2, 0.25) is 0 Å². The van der Waals surface area contributed by atoms with Crippen LogP contribution >= 0.6 is 12.4 Å². The van der Waals surface area contributed by atoms with Gasteiger partial charge in [-0.05, 0) is 24.6 Å². The standard InChI is InChI=1S/C21H27N5O2.ClH/c1-15-3-5-16(6-4-15)20(27)25-7-9-26(10-8-25)21(28)19-13-22-12-18(19)17-11-23-24(2)14-17;/h3-6,11,14,18-19,22H,7-10,12-13H2,1-2H3;1H/t18-,19+;/m1./s1. The van der Waals surface area contributed by atoms with Crippen molar-refractivity contribution in [2.75, 3.05) is 39.3 Å². The van der Waals surface area contributed by atoms with E-state index in [2.05, 4.69) is 10.4 Å². The molecule has 2 saturated heterocycles. The lowest BCUT2D eigenvalue weighted by molar-refractivity contribution is -0.136. The molecule has 1 aromatic carbocycles. The van der Waals surface area contributed by atoms with Gasteiger partial charge in [-0.2, -0.15) is 5.10 Å². The van der Waals surface area contributed by atoms with Crippen LogP contribution < -0.4 is 5.32 Å². The molecule has 2 fully saturated rings. The van der Waals surface area contributed by atoms with Gasteiger partial charge >= 0.3 is 0 Å². The Kier molecular flexibility index (Phi) is 6.59. The largest absolute Gasteiger partial charge is 0.339 e. The highest BCUT2D eigenvalue weighted by Crippen LogP contribution is 2.29. The summed E-state index contributed by atoms with van der Waals surface area (Å²) in [6.45, 7) is 5.84. The molecule has 3 heterocycles. The van der Waals surface area contributed by atoms with E-state index in [9.17, 15) is 9.59 Å². The summed E-state index contributed by atoms with van der Waals surface area (Å²) in [5, 5.41) is 7.60. The fourth-order valence-electron chi connectivity index (χ4n) is 4.16. The van der Waals surface area contributed by atoms with Crippen LogP contribution in [0.25, 0.3) is 0 Å². The highest BCUT2D eigenvalue weighted by molar-refractivity contribution is 5.94. The zero-order valence-corrected chi connectivity index (χ0v) is 17.7. The second-order valence-electron chi connectivity index (χ2n) is 7.80. The monoisotopic (exact) mass is 417 g/mol. The van der Waals surface area contributed by atoms with Crippen LogP contribution in [0.4, 0.5) is 0 Å². The lowest BCUT2D eigenvalue weighted by atomic mass is 9.89.